The van der Waals surface area contributed by atoms with E-state index in [-0.39, 0.29) is 11.2 Å². The molecule has 1 rings (SSSR count). The summed E-state index contributed by atoms with van der Waals surface area (Å²) in [5.41, 5.74) is 0.689. The first-order chi connectivity index (χ1) is 7.11. The fraction of sp³-hybridized carbons (Fsp3) is 0.455. The van der Waals surface area contributed by atoms with Gasteiger partial charge in [-0.05, 0) is 17.5 Å². The Morgan fingerprint density at radius 2 is 1.81 bits per heavy atom. The van der Waals surface area contributed by atoms with E-state index in [4.69, 9.17) is 0 Å². The second-order valence-electron chi connectivity index (χ2n) is 4.82. The molecule has 0 aliphatic heterocycles. The van der Waals surface area contributed by atoms with Gasteiger partial charge in [-0.25, -0.2) is 8.42 Å². The molecule has 1 aromatic carbocycles. The van der Waals surface area contributed by atoms with Crippen LogP contribution in [0, 0.1) is 0 Å². The Morgan fingerprint density at radius 3 is 2.25 bits per heavy atom. The van der Waals surface area contributed by atoms with Gasteiger partial charge < -0.3 is 5.11 Å². The largest absolute Gasteiger partial charge is 0.508 e. The van der Waals surface area contributed by atoms with Crippen LogP contribution in [0.25, 0.3) is 0 Å². The molecule has 0 amide bonds. The monoisotopic (exact) mass is 243 g/mol. The number of hydrogen-bond acceptors (Lipinski definition) is 3. The van der Waals surface area contributed by atoms with Crippen molar-refractivity contribution in [3.8, 4) is 5.75 Å². The number of aromatic hydroxyl groups is 1. The first-order valence-electron chi connectivity index (χ1n) is 4.91. The predicted octanol–water partition coefficient (Wildman–Crippen LogP) is 2.06. The van der Waals surface area contributed by atoms with Crippen LogP contribution in [0.1, 0.15) is 26.3 Å². The first-order valence-corrected chi connectivity index (χ1v) is 6.80. The summed E-state index contributed by atoms with van der Waals surface area (Å²) in [5.74, 6) is 0.0983. The maximum absolute atomic E-state index is 11.2. The van der Waals surface area contributed by atoms with Crippen LogP contribution in [0.2, 0.25) is 0 Å². The third-order valence-electron chi connectivity index (χ3n) is 2.09. The van der Waals surface area contributed by atoms with E-state index in [9.17, 15) is 13.5 Å². The maximum Gasteiger partial charge on any atom is 0.229 e. The fourth-order valence-corrected chi connectivity index (χ4v) is 2.18. The van der Waals surface area contributed by atoms with Crippen molar-refractivity contribution in [1.29, 1.82) is 0 Å². The minimum Gasteiger partial charge on any atom is -0.508 e. The van der Waals surface area contributed by atoms with Gasteiger partial charge in [0, 0.05) is 5.56 Å². The molecule has 5 heteroatoms. The lowest BCUT2D eigenvalue weighted by Gasteiger charge is -2.24. The van der Waals surface area contributed by atoms with Gasteiger partial charge in [-0.1, -0.05) is 26.8 Å². The van der Waals surface area contributed by atoms with Gasteiger partial charge in [0.1, 0.15) is 5.75 Å². The maximum atomic E-state index is 11.2. The molecule has 0 aromatic heterocycles. The molecule has 1 aromatic rings. The molecule has 0 atom stereocenters. The summed E-state index contributed by atoms with van der Waals surface area (Å²) in [6.45, 7) is 5.74. The molecule has 0 unspecified atom stereocenters. The van der Waals surface area contributed by atoms with Gasteiger partial charge in [-0.2, -0.15) is 0 Å². The first kappa shape index (κ1) is 12.8. The van der Waals surface area contributed by atoms with Crippen molar-refractivity contribution < 1.29 is 13.5 Å². The zero-order valence-corrected chi connectivity index (χ0v) is 10.7. The number of rotatable bonds is 2. The topological polar surface area (TPSA) is 66.4 Å². The van der Waals surface area contributed by atoms with Crippen LogP contribution in [0.3, 0.4) is 0 Å². The molecule has 0 saturated heterocycles. The quantitative estimate of drug-likeness (QED) is 0.835. The normalized spacial score (nSPS) is 12.5. The van der Waals surface area contributed by atoms with Crippen molar-refractivity contribution in [2.75, 3.05) is 11.0 Å². The zero-order valence-electron chi connectivity index (χ0n) is 9.90. The number of phenols is 1. The van der Waals surface area contributed by atoms with Gasteiger partial charge in [0.2, 0.25) is 10.0 Å². The molecule has 90 valence electrons. The van der Waals surface area contributed by atoms with E-state index in [1.54, 1.807) is 18.2 Å². The molecular formula is C11H17NO3S. The zero-order chi connectivity index (χ0) is 12.6. The second-order valence-corrected chi connectivity index (χ2v) is 6.57. The van der Waals surface area contributed by atoms with Crippen LogP contribution in [0.5, 0.6) is 5.75 Å². The van der Waals surface area contributed by atoms with Crippen LogP contribution >= 0.6 is 0 Å². The molecule has 0 heterocycles. The fourth-order valence-electron chi connectivity index (χ4n) is 1.61. The number of phenolic OH excluding ortho intramolecular Hbond substituents is 1. The summed E-state index contributed by atoms with van der Waals surface area (Å²) in [6, 6.07) is 4.80. The molecule has 0 saturated carbocycles. The van der Waals surface area contributed by atoms with Crippen LogP contribution < -0.4 is 4.72 Å². The highest BCUT2D eigenvalue weighted by atomic mass is 32.2. The molecule has 0 spiro atoms. The summed E-state index contributed by atoms with van der Waals surface area (Å²) in [6.07, 6.45) is 1.09. The average molecular weight is 243 g/mol. The predicted molar refractivity (Wildman–Crippen MR) is 65.3 cm³/mol. The van der Waals surface area contributed by atoms with Gasteiger partial charge in [-0.3, -0.25) is 4.72 Å². The number of anilines is 1. The van der Waals surface area contributed by atoms with Crippen LogP contribution in [-0.4, -0.2) is 19.8 Å². The lowest BCUT2D eigenvalue weighted by atomic mass is 9.85. The molecule has 16 heavy (non-hydrogen) atoms. The van der Waals surface area contributed by atoms with E-state index in [0.717, 1.165) is 6.26 Å². The summed E-state index contributed by atoms with van der Waals surface area (Å²) >= 11 is 0. The van der Waals surface area contributed by atoms with E-state index >= 15 is 0 Å². The van der Waals surface area contributed by atoms with E-state index in [1.807, 2.05) is 20.8 Å². The number of sulfonamides is 1. The molecule has 0 aliphatic rings. The molecule has 0 bridgehead atoms. The van der Waals surface area contributed by atoms with Gasteiger partial charge in [0.15, 0.2) is 0 Å². The van der Waals surface area contributed by atoms with Crippen molar-refractivity contribution in [1.82, 2.24) is 0 Å². The number of nitrogens with one attached hydrogen (secondary N) is 1. The van der Waals surface area contributed by atoms with Crippen molar-refractivity contribution in [3.63, 3.8) is 0 Å². The number of benzene rings is 1. The van der Waals surface area contributed by atoms with Crippen LogP contribution in [-0.2, 0) is 15.4 Å². The van der Waals surface area contributed by atoms with Crippen molar-refractivity contribution in [3.05, 3.63) is 23.8 Å². The molecular weight excluding hydrogens is 226 g/mol. The minimum atomic E-state index is -3.34. The summed E-state index contributed by atoms with van der Waals surface area (Å²) in [4.78, 5) is 0. The summed E-state index contributed by atoms with van der Waals surface area (Å²) in [5, 5.41) is 9.79. The van der Waals surface area contributed by atoms with Crippen LogP contribution in [0.15, 0.2) is 18.2 Å². The van der Waals surface area contributed by atoms with Gasteiger partial charge in [0.05, 0.1) is 11.9 Å². The Morgan fingerprint density at radius 1 is 1.25 bits per heavy atom. The summed E-state index contributed by atoms with van der Waals surface area (Å²) in [7, 11) is -3.34. The molecule has 0 fully saturated rings. The van der Waals surface area contributed by atoms with E-state index in [1.165, 1.54) is 0 Å². The SMILES string of the molecule is CC(C)(C)c1c(O)cccc1NS(C)(=O)=O. The molecule has 0 radical (unpaired) electrons. The van der Waals surface area contributed by atoms with E-state index in [2.05, 4.69) is 4.72 Å². The van der Waals surface area contributed by atoms with E-state index in [0.29, 0.717) is 11.3 Å². The lowest BCUT2D eigenvalue weighted by molar-refractivity contribution is 0.448. The minimum absolute atomic E-state index is 0.0983. The smallest absolute Gasteiger partial charge is 0.229 e. The van der Waals surface area contributed by atoms with Crippen molar-refractivity contribution >= 4 is 15.7 Å². The van der Waals surface area contributed by atoms with E-state index < -0.39 is 10.0 Å². The Bertz CT molecular complexity index is 486. The standard InChI is InChI=1S/C11H17NO3S/c1-11(2,3)10-8(12-16(4,14)15)6-5-7-9(10)13/h5-7,12-13H,1-4H3. The lowest BCUT2D eigenvalue weighted by Crippen LogP contribution is -2.18. The van der Waals surface area contributed by atoms with Crippen molar-refractivity contribution in [2.45, 2.75) is 26.2 Å². The Balaban J connectivity index is 3.35. The van der Waals surface area contributed by atoms with Gasteiger partial charge in [-0.15, -0.1) is 0 Å². The highest BCUT2D eigenvalue weighted by molar-refractivity contribution is 7.92. The highest BCUT2D eigenvalue weighted by Gasteiger charge is 2.23. The van der Waals surface area contributed by atoms with Gasteiger partial charge in [0.25, 0.3) is 0 Å². The van der Waals surface area contributed by atoms with Crippen LogP contribution in [0.4, 0.5) is 5.69 Å². The second kappa shape index (κ2) is 3.97. The third kappa shape index (κ3) is 3.13. The van der Waals surface area contributed by atoms with Crippen molar-refractivity contribution in [2.24, 2.45) is 0 Å². The molecule has 4 nitrogen and oxygen atoms in total. The Labute approximate surface area is 96.4 Å². The average Bonchev–Trinajstić information content (AvgIpc) is 1.97. The summed E-state index contributed by atoms with van der Waals surface area (Å²) < 4.78 is 24.8. The highest BCUT2D eigenvalue weighted by Crippen LogP contribution is 2.36. The third-order valence-corrected chi connectivity index (χ3v) is 2.68. The Kier molecular flexibility index (Phi) is 3.19. The molecule has 2 N–H and O–H groups in total. The van der Waals surface area contributed by atoms with Gasteiger partial charge >= 0.3 is 0 Å². The Hall–Kier alpha value is -1.23. The number of hydrogen-bond donors (Lipinski definition) is 2. The molecule has 0 aliphatic carbocycles.